The number of rotatable bonds is 3. The Balaban J connectivity index is 2.02. The van der Waals surface area contributed by atoms with Crippen LogP contribution in [0.1, 0.15) is 44.7 Å². The Morgan fingerprint density at radius 3 is 2.58 bits per heavy atom. The van der Waals surface area contributed by atoms with Crippen LogP contribution in [0.3, 0.4) is 0 Å². The van der Waals surface area contributed by atoms with E-state index in [1.165, 1.54) is 31.5 Å². The summed E-state index contributed by atoms with van der Waals surface area (Å²) in [5.41, 5.74) is -0.160. The van der Waals surface area contributed by atoms with Crippen molar-refractivity contribution in [2.75, 3.05) is 5.32 Å². The van der Waals surface area contributed by atoms with Gasteiger partial charge in [-0.15, -0.1) is 0 Å². The molecule has 2 atom stereocenters. The van der Waals surface area contributed by atoms with Crippen molar-refractivity contribution < 1.29 is 13.2 Å². The smallest absolute Gasteiger partial charge is 0.381 e. The SMILES string of the molecule is CCC1CCCCC1Nc1ccc(C(F)(F)F)nc1. The van der Waals surface area contributed by atoms with E-state index < -0.39 is 11.9 Å². The van der Waals surface area contributed by atoms with Gasteiger partial charge in [-0.2, -0.15) is 13.2 Å². The second-order valence-corrected chi connectivity index (χ2v) is 5.13. The molecule has 0 aliphatic heterocycles. The Labute approximate surface area is 111 Å². The first-order valence-corrected chi connectivity index (χ1v) is 6.80. The third kappa shape index (κ3) is 3.61. The molecular weight excluding hydrogens is 253 g/mol. The molecule has 0 spiro atoms. The highest BCUT2D eigenvalue weighted by Gasteiger charge is 2.32. The lowest BCUT2D eigenvalue weighted by molar-refractivity contribution is -0.141. The van der Waals surface area contributed by atoms with E-state index >= 15 is 0 Å². The maximum absolute atomic E-state index is 12.4. The average Bonchev–Trinajstić information content (AvgIpc) is 2.39. The van der Waals surface area contributed by atoms with E-state index in [0.717, 1.165) is 18.9 Å². The lowest BCUT2D eigenvalue weighted by atomic mass is 9.83. The van der Waals surface area contributed by atoms with E-state index in [0.29, 0.717) is 17.6 Å². The van der Waals surface area contributed by atoms with Gasteiger partial charge in [-0.25, -0.2) is 4.98 Å². The van der Waals surface area contributed by atoms with Gasteiger partial charge in [-0.1, -0.05) is 26.2 Å². The summed E-state index contributed by atoms with van der Waals surface area (Å²) < 4.78 is 37.2. The third-order valence-electron chi connectivity index (χ3n) is 3.84. The molecule has 19 heavy (non-hydrogen) atoms. The van der Waals surface area contributed by atoms with Crippen LogP contribution in [-0.2, 0) is 6.18 Å². The summed E-state index contributed by atoms with van der Waals surface area (Å²) in [6, 6.07) is 2.86. The quantitative estimate of drug-likeness (QED) is 0.877. The molecule has 1 aliphatic carbocycles. The van der Waals surface area contributed by atoms with Gasteiger partial charge in [-0.3, -0.25) is 0 Å². The standard InChI is InChI=1S/C14H19F3N2/c1-2-10-5-3-4-6-12(10)19-11-7-8-13(18-9-11)14(15,16)17/h7-10,12,19H,2-6H2,1H3. The van der Waals surface area contributed by atoms with Gasteiger partial charge in [0.15, 0.2) is 0 Å². The van der Waals surface area contributed by atoms with Gasteiger partial charge < -0.3 is 5.32 Å². The lowest BCUT2D eigenvalue weighted by Gasteiger charge is -2.32. The number of nitrogens with zero attached hydrogens (tertiary/aromatic N) is 1. The fourth-order valence-corrected chi connectivity index (χ4v) is 2.75. The maximum Gasteiger partial charge on any atom is 0.433 e. The van der Waals surface area contributed by atoms with Crippen molar-refractivity contribution in [2.24, 2.45) is 5.92 Å². The van der Waals surface area contributed by atoms with Crippen LogP contribution >= 0.6 is 0 Å². The monoisotopic (exact) mass is 272 g/mol. The summed E-state index contributed by atoms with van der Waals surface area (Å²) in [5, 5.41) is 3.33. The van der Waals surface area contributed by atoms with E-state index in [1.807, 2.05) is 0 Å². The first-order valence-electron chi connectivity index (χ1n) is 6.80. The van der Waals surface area contributed by atoms with E-state index in [-0.39, 0.29) is 0 Å². The summed E-state index contributed by atoms with van der Waals surface area (Å²) in [6.07, 6.45) is 2.73. The Kier molecular flexibility index (Phi) is 4.32. The normalized spacial score (nSPS) is 24.2. The van der Waals surface area contributed by atoms with Crippen LogP contribution < -0.4 is 5.32 Å². The largest absolute Gasteiger partial charge is 0.433 e. The molecular formula is C14H19F3N2. The first-order chi connectivity index (χ1) is 9.00. The van der Waals surface area contributed by atoms with Crippen LogP contribution in [-0.4, -0.2) is 11.0 Å². The molecule has 0 saturated heterocycles. The van der Waals surface area contributed by atoms with Crippen molar-refractivity contribution in [3.05, 3.63) is 24.0 Å². The lowest BCUT2D eigenvalue weighted by Crippen LogP contribution is -2.31. The van der Waals surface area contributed by atoms with E-state index in [4.69, 9.17) is 0 Å². The van der Waals surface area contributed by atoms with Crippen molar-refractivity contribution in [1.29, 1.82) is 0 Å². The summed E-state index contributed by atoms with van der Waals surface area (Å²) in [7, 11) is 0. The number of alkyl halides is 3. The average molecular weight is 272 g/mol. The second-order valence-electron chi connectivity index (χ2n) is 5.13. The molecule has 106 valence electrons. The van der Waals surface area contributed by atoms with Crippen molar-refractivity contribution in [1.82, 2.24) is 4.98 Å². The highest BCUT2D eigenvalue weighted by molar-refractivity contribution is 5.42. The molecule has 1 aromatic heterocycles. The van der Waals surface area contributed by atoms with Gasteiger partial charge in [0.05, 0.1) is 11.9 Å². The number of pyridine rings is 1. The maximum atomic E-state index is 12.4. The molecule has 2 unspecified atom stereocenters. The van der Waals surface area contributed by atoms with Crippen LogP contribution in [0.4, 0.5) is 18.9 Å². The molecule has 5 heteroatoms. The Bertz CT molecular complexity index is 400. The Morgan fingerprint density at radius 2 is 2.00 bits per heavy atom. The number of hydrogen-bond donors (Lipinski definition) is 1. The molecule has 0 amide bonds. The fourth-order valence-electron chi connectivity index (χ4n) is 2.75. The van der Waals surface area contributed by atoms with Crippen molar-refractivity contribution in [3.8, 4) is 0 Å². The number of nitrogens with one attached hydrogen (secondary N) is 1. The number of anilines is 1. The minimum absolute atomic E-state index is 0.359. The zero-order chi connectivity index (χ0) is 13.9. The molecule has 0 bridgehead atoms. The highest BCUT2D eigenvalue weighted by Crippen LogP contribution is 2.31. The van der Waals surface area contributed by atoms with Crippen LogP contribution in [0.2, 0.25) is 0 Å². The number of halogens is 3. The van der Waals surface area contributed by atoms with Gasteiger partial charge in [0, 0.05) is 6.04 Å². The van der Waals surface area contributed by atoms with Gasteiger partial charge in [-0.05, 0) is 30.9 Å². The van der Waals surface area contributed by atoms with Gasteiger partial charge >= 0.3 is 6.18 Å². The Hall–Kier alpha value is -1.26. The Morgan fingerprint density at radius 1 is 1.26 bits per heavy atom. The van der Waals surface area contributed by atoms with E-state index in [2.05, 4.69) is 17.2 Å². The van der Waals surface area contributed by atoms with Crippen LogP contribution in [0, 0.1) is 5.92 Å². The summed E-state index contributed by atoms with van der Waals surface area (Å²) in [4.78, 5) is 3.48. The van der Waals surface area contributed by atoms with Crippen molar-refractivity contribution in [2.45, 2.75) is 51.2 Å². The molecule has 1 aromatic rings. The highest BCUT2D eigenvalue weighted by atomic mass is 19.4. The number of aromatic nitrogens is 1. The minimum atomic E-state index is -4.37. The fraction of sp³-hybridized carbons (Fsp3) is 0.643. The molecule has 1 N–H and O–H groups in total. The molecule has 1 heterocycles. The molecule has 1 aliphatic rings. The topological polar surface area (TPSA) is 24.9 Å². The molecule has 0 radical (unpaired) electrons. The van der Waals surface area contributed by atoms with Crippen LogP contribution in [0.15, 0.2) is 18.3 Å². The van der Waals surface area contributed by atoms with Crippen molar-refractivity contribution in [3.63, 3.8) is 0 Å². The van der Waals surface area contributed by atoms with Gasteiger partial charge in [0.25, 0.3) is 0 Å². The summed E-state index contributed by atoms with van der Waals surface area (Å²) >= 11 is 0. The number of hydrogen-bond acceptors (Lipinski definition) is 2. The minimum Gasteiger partial charge on any atom is -0.381 e. The third-order valence-corrected chi connectivity index (χ3v) is 3.84. The van der Waals surface area contributed by atoms with Crippen molar-refractivity contribution >= 4 is 5.69 Å². The summed E-state index contributed by atoms with van der Waals surface area (Å²) in [5.74, 6) is 0.607. The predicted octanol–water partition coefficient (Wildman–Crippen LogP) is 4.48. The molecule has 2 rings (SSSR count). The molecule has 1 fully saturated rings. The second kappa shape index (κ2) is 5.80. The summed E-state index contributed by atoms with van der Waals surface area (Å²) in [6.45, 7) is 2.16. The zero-order valence-electron chi connectivity index (χ0n) is 11.0. The predicted molar refractivity (Wildman–Crippen MR) is 68.9 cm³/mol. The van der Waals surface area contributed by atoms with Gasteiger partial charge in [0.1, 0.15) is 5.69 Å². The molecule has 0 aromatic carbocycles. The molecule has 2 nitrogen and oxygen atoms in total. The van der Waals surface area contributed by atoms with E-state index in [9.17, 15) is 13.2 Å². The molecule has 1 saturated carbocycles. The zero-order valence-corrected chi connectivity index (χ0v) is 11.0. The van der Waals surface area contributed by atoms with Gasteiger partial charge in [0.2, 0.25) is 0 Å². The van der Waals surface area contributed by atoms with Crippen LogP contribution in [0.5, 0.6) is 0 Å². The van der Waals surface area contributed by atoms with E-state index in [1.54, 1.807) is 0 Å². The van der Waals surface area contributed by atoms with Crippen LogP contribution in [0.25, 0.3) is 0 Å². The first kappa shape index (κ1) is 14.2.